The molecule has 0 aliphatic heterocycles. The van der Waals surface area contributed by atoms with Crippen LogP contribution in [-0.2, 0) is 18.1 Å². The molecule has 1 saturated carbocycles. The van der Waals surface area contributed by atoms with Crippen LogP contribution in [0.1, 0.15) is 68.1 Å². The summed E-state index contributed by atoms with van der Waals surface area (Å²) < 4.78 is 40.8. The van der Waals surface area contributed by atoms with Crippen LogP contribution in [0.5, 0.6) is 0 Å². The summed E-state index contributed by atoms with van der Waals surface area (Å²) in [5.41, 5.74) is 0.0496. The summed E-state index contributed by atoms with van der Waals surface area (Å²) in [6, 6.07) is 4.79. The Morgan fingerprint density at radius 2 is 1.83 bits per heavy atom. The van der Waals surface area contributed by atoms with Crippen molar-refractivity contribution in [2.45, 2.75) is 70.6 Å². The van der Waals surface area contributed by atoms with Gasteiger partial charge in [0.2, 0.25) is 0 Å². The van der Waals surface area contributed by atoms with Gasteiger partial charge in [-0.15, -0.1) is 0 Å². The largest absolute Gasteiger partial charge is 0.416 e. The summed E-state index contributed by atoms with van der Waals surface area (Å²) in [6.07, 6.45) is 0.889. The lowest BCUT2D eigenvalue weighted by Crippen LogP contribution is -2.38. The maximum atomic E-state index is 12.9. The lowest BCUT2D eigenvalue weighted by molar-refractivity contribution is -0.137. The van der Waals surface area contributed by atoms with Gasteiger partial charge in [-0.2, -0.15) is 18.3 Å². The molecule has 1 heterocycles. The molecule has 164 valence electrons. The number of rotatable bonds is 4. The lowest BCUT2D eigenvalue weighted by atomic mass is 9.86. The van der Waals surface area contributed by atoms with Gasteiger partial charge in [-0.05, 0) is 55.9 Å². The van der Waals surface area contributed by atoms with Crippen molar-refractivity contribution in [1.82, 2.24) is 15.1 Å². The summed E-state index contributed by atoms with van der Waals surface area (Å²) in [5, 5.41) is 7.53. The highest BCUT2D eigenvalue weighted by atomic mass is 35.5. The van der Waals surface area contributed by atoms with Gasteiger partial charge in [0.05, 0.1) is 21.8 Å². The fourth-order valence-electron chi connectivity index (χ4n) is 3.76. The molecular weight excluding hydrogens is 415 g/mol. The number of nitrogens with zero attached hydrogens (tertiary/aromatic N) is 2. The van der Waals surface area contributed by atoms with E-state index in [9.17, 15) is 18.0 Å². The number of amides is 1. The molecule has 0 atom stereocenters. The van der Waals surface area contributed by atoms with Crippen molar-refractivity contribution in [3.05, 3.63) is 52.3 Å². The molecule has 1 aromatic carbocycles. The van der Waals surface area contributed by atoms with Gasteiger partial charge < -0.3 is 5.32 Å². The van der Waals surface area contributed by atoms with E-state index in [4.69, 9.17) is 11.6 Å². The number of aromatic nitrogens is 2. The molecule has 0 saturated heterocycles. The Labute approximate surface area is 179 Å². The Hall–Kier alpha value is -2.02. The van der Waals surface area contributed by atoms with Crippen LogP contribution in [0.4, 0.5) is 13.2 Å². The maximum Gasteiger partial charge on any atom is 0.416 e. The minimum atomic E-state index is -4.52. The molecule has 30 heavy (non-hydrogen) atoms. The van der Waals surface area contributed by atoms with Crippen LogP contribution in [0, 0.1) is 5.92 Å². The summed E-state index contributed by atoms with van der Waals surface area (Å²) in [5.74, 6) is -0.0977. The van der Waals surface area contributed by atoms with Crippen LogP contribution in [0.2, 0.25) is 5.02 Å². The number of benzene rings is 1. The summed E-state index contributed by atoms with van der Waals surface area (Å²) in [6.45, 7) is 7.22. The molecule has 0 spiro atoms. The number of nitrogens with one attached hydrogen (secondary N) is 1. The quantitative estimate of drug-likeness (QED) is 0.647. The molecule has 1 aliphatic rings. The van der Waals surface area contributed by atoms with Gasteiger partial charge in [0.15, 0.2) is 0 Å². The molecule has 0 unspecified atom stereocenters. The third-order valence-corrected chi connectivity index (χ3v) is 5.90. The SMILES string of the molecule is CC(C)(C)c1ccn(C[C@H]2CC[C@H](NC(=O)c3cc(C(F)(F)F)ccc3Cl)CC2)n1. The first-order valence-corrected chi connectivity index (χ1v) is 10.5. The first-order valence-electron chi connectivity index (χ1n) is 10.1. The van der Waals surface area contributed by atoms with E-state index in [0.29, 0.717) is 5.92 Å². The van der Waals surface area contributed by atoms with Gasteiger partial charge >= 0.3 is 6.18 Å². The van der Waals surface area contributed by atoms with E-state index in [1.807, 2.05) is 16.9 Å². The standard InChI is InChI=1S/C22H27ClF3N3O/c1-21(2,3)19-10-11-29(28-19)13-14-4-7-16(8-5-14)27-20(30)17-12-15(22(24,25)26)6-9-18(17)23/h6,9-12,14,16H,4-5,7-8,13H2,1-3H3,(H,27,30)/t14-,16-. The Kier molecular flexibility index (Phi) is 6.51. The Balaban J connectivity index is 1.55. The Morgan fingerprint density at radius 1 is 1.17 bits per heavy atom. The number of carbonyl (C=O) groups excluding carboxylic acids is 1. The zero-order valence-electron chi connectivity index (χ0n) is 17.4. The molecule has 3 rings (SSSR count). The van der Waals surface area contributed by atoms with Crippen LogP contribution < -0.4 is 5.32 Å². The summed E-state index contributed by atoms with van der Waals surface area (Å²) in [7, 11) is 0. The fraction of sp³-hybridized carbons (Fsp3) is 0.545. The number of hydrogen-bond donors (Lipinski definition) is 1. The van der Waals surface area contributed by atoms with Gasteiger partial charge in [-0.3, -0.25) is 9.48 Å². The summed E-state index contributed by atoms with van der Waals surface area (Å²) in [4.78, 5) is 12.5. The zero-order chi connectivity index (χ0) is 22.1. The van der Waals surface area contributed by atoms with Crippen LogP contribution in [0.15, 0.2) is 30.5 Å². The van der Waals surface area contributed by atoms with E-state index < -0.39 is 17.6 Å². The van der Waals surface area contributed by atoms with E-state index in [0.717, 1.165) is 56.1 Å². The molecule has 1 N–H and O–H groups in total. The third kappa shape index (κ3) is 5.56. The molecule has 2 aromatic rings. The van der Waals surface area contributed by atoms with Crippen LogP contribution in [0.3, 0.4) is 0 Å². The molecule has 0 bridgehead atoms. The zero-order valence-corrected chi connectivity index (χ0v) is 18.1. The molecule has 1 amide bonds. The molecule has 1 fully saturated rings. The van der Waals surface area contributed by atoms with E-state index >= 15 is 0 Å². The topological polar surface area (TPSA) is 46.9 Å². The van der Waals surface area contributed by atoms with Crippen LogP contribution in [-0.4, -0.2) is 21.7 Å². The van der Waals surface area contributed by atoms with Crippen molar-refractivity contribution in [3.63, 3.8) is 0 Å². The third-order valence-electron chi connectivity index (χ3n) is 5.57. The average molecular weight is 442 g/mol. The van der Waals surface area contributed by atoms with Crippen LogP contribution in [0.25, 0.3) is 0 Å². The molecule has 8 heteroatoms. The fourth-order valence-corrected chi connectivity index (χ4v) is 3.96. The maximum absolute atomic E-state index is 12.9. The lowest BCUT2D eigenvalue weighted by Gasteiger charge is -2.29. The van der Waals surface area contributed by atoms with E-state index in [1.165, 1.54) is 0 Å². The minimum absolute atomic E-state index is 0.0118. The van der Waals surface area contributed by atoms with Gasteiger partial charge in [0, 0.05) is 24.2 Å². The van der Waals surface area contributed by atoms with E-state index in [2.05, 4.69) is 31.2 Å². The van der Waals surface area contributed by atoms with Crippen molar-refractivity contribution < 1.29 is 18.0 Å². The van der Waals surface area contributed by atoms with Crippen molar-refractivity contribution in [3.8, 4) is 0 Å². The molecule has 1 aromatic heterocycles. The average Bonchev–Trinajstić information content (AvgIpc) is 3.11. The van der Waals surface area contributed by atoms with Gasteiger partial charge in [-0.25, -0.2) is 0 Å². The van der Waals surface area contributed by atoms with Crippen molar-refractivity contribution in [1.29, 1.82) is 0 Å². The first-order chi connectivity index (χ1) is 13.9. The van der Waals surface area contributed by atoms with E-state index in [-0.39, 0.29) is 22.0 Å². The molecular formula is C22H27ClF3N3O. The van der Waals surface area contributed by atoms with Gasteiger partial charge in [0.25, 0.3) is 5.91 Å². The molecule has 0 radical (unpaired) electrons. The minimum Gasteiger partial charge on any atom is -0.349 e. The molecule has 1 aliphatic carbocycles. The number of halogens is 4. The summed E-state index contributed by atoms with van der Waals surface area (Å²) >= 11 is 5.97. The van der Waals surface area contributed by atoms with E-state index in [1.54, 1.807) is 0 Å². The van der Waals surface area contributed by atoms with Gasteiger partial charge in [-0.1, -0.05) is 32.4 Å². The van der Waals surface area contributed by atoms with Gasteiger partial charge in [0.1, 0.15) is 0 Å². The highest BCUT2D eigenvalue weighted by Crippen LogP contribution is 2.32. The Bertz CT molecular complexity index is 894. The van der Waals surface area contributed by atoms with Crippen molar-refractivity contribution in [2.75, 3.05) is 0 Å². The number of alkyl halides is 3. The second-order valence-electron chi connectivity index (χ2n) is 9.06. The molecule has 4 nitrogen and oxygen atoms in total. The van der Waals surface area contributed by atoms with Crippen molar-refractivity contribution >= 4 is 17.5 Å². The highest BCUT2D eigenvalue weighted by molar-refractivity contribution is 6.33. The highest BCUT2D eigenvalue weighted by Gasteiger charge is 2.32. The first kappa shape index (κ1) is 22.7. The Morgan fingerprint density at radius 3 is 2.40 bits per heavy atom. The predicted octanol–water partition coefficient (Wildman–Crippen LogP) is 5.84. The second kappa shape index (κ2) is 8.61. The number of hydrogen-bond acceptors (Lipinski definition) is 2. The number of carbonyl (C=O) groups is 1. The monoisotopic (exact) mass is 441 g/mol. The van der Waals surface area contributed by atoms with Crippen LogP contribution >= 0.6 is 11.6 Å². The second-order valence-corrected chi connectivity index (χ2v) is 9.46. The normalized spacial score (nSPS) is 20.2. The smallest absolute Gasteiger partial charge is 0.349 e. The predicted molar refractivity (Wildman–Crippen MR) is 111 cm³/mol. The van der Waals surface area contributed by atoms with Crippen molar-refractivity contribution in [2.24, 2.45) is 5.92 Å².